The highest BCUT2D eigenvalue weighted by molar-refractivity contribution is 5.08. The van der Waals surface area contributed by atoms with E-state index in [1.54, 1.807) is 0 Å². The van der Waals surface area contributed by atoms with Gasteiger partial charge in [-0.1, -0.05) is 0 Å². The molecule has 1 aromatic heterocycles. The summed E-state index contributed by atoms with van der Waals surface area (Å²) in [5, 5.41) is 28.4. The maximum absolute atomic E-state index is 13.1. The largest absolute Gasteiger partial charge is 0.422 e. The Bertz CT molecular complexity index is 684. The second-order valence-corrected chi connectivity index (χ2v) is 4.97. The zero-order valence-corrected chi connectivity index (χ0v) is 11.2. The SMILES string of the molecule is Cc1cn([C@@H]2O[C@@](CO)(C(F)(F)F)[C@@H](O)[C@H]2O)c(=O)[nH]c1=O. The molecule has 1 saturated heterocycles. The topological polar surface area (TPSA) is 125 Å². The van der Waals surface area contributed by atoms with Gasteiger partial charge in [0.1, 0.15) is 12.2 Å². The summed E-state index contributed by atoms with van der Waals surface area (Å²) in [5.74, 6) is 0. The zero-order valence-electron chi connectivity index (χ0n) is 11.2. The number of rotatable bonds is 2. The van der Waals surface area contributed by atoms with Crippen molar-refractivity contribution in [1.29, 1.82) is 0 Å². The quantitative estimate of drug-likeness (QED) is 0.518. The van der Waals surface area contributed by atoms with Crippen LogP contribution in [-0.2, 0) is 4.74 Å². The lowest BCUT2D eigenvalue weighted by Gasteiger charge is -2.31. The van der Waals surface area contributed by atoms with Crippen LogP contribution in [0.4, 0.5) is 13.2 Å². The first-order valence-corrected chi connectivity index (χ1v) is 6.09. The molecular weight excluding hydrogens is 313 g/mol. The second-order valence-electron chi connectivity index (χ2n) is 4.97. The van der Waals surface area contributed by atoms with Crippen LogP contribution in [0.5, 0.6) is 0 Å². The van der Waals surface area contributed by atoms with Crippen LogP contribution in [0.2, 0.25) is 0 Å². The number of alkyl halides is 3. The first-order valence-electron chi connectivity index (χ1n) is 6.09. The van der Waals surface area contributed by atoms with Crippen LogP contribution in [0.15, 0.2) is 15.8 Å². The summed E-state index contributed by atoms with van der Waals surface area (Å²) in [7, 11) is 0. The van der Waals surface area contributed by atoms with Gasteiger partial charge >= 0.3 is 11.9 Å². The number of hydrogen-bond acceptors (Lipinski definition) is 6. The highest BCUT2D eigenvalue weighted by Crippen LogP contribution is 2.46. The average Bonchev–Trinajstić information content (AvgIpc) is 2.67. The molecule has 1 aliphatic rings. The van der Waals surface area contributed by atoms with Crippen LogP contribution < -0.4 is 11.2 Å². The van der Waals surface area contributed by atoms with Crippen molar-refractivity contribution in [3.8, 4) is 0 Å². The molecule has 0 amide bonds. The molecule has 0 spiro atoms. The third-order valence-electron chi connectivity index (χ3n) is 3.56. The van der Waals surface area contributed by atoms with E-state index in [9.17, 15) is 33.0 Å². The lowest BCUT2D eigenvalue weighted by atomic mass is 9.95. The van der Waals surface area contributed by atoms with Crippen molar-refractivity contribution in [2.24, 2.45) is 0 Å². The van der Waals surface area contributed by atoms with Crippen molar-refractivity contribution in [2.75, 3.05) is 6.61 Å². The number of aliphatic hydroxyl groups is 3. The number of aromatic amines is 1. The van der Waals surface area contributed by atoms with Crippen molar-refractivity contribution in [3.05, 3.63) is 32.6 Å². The minimum atomic E-state index is -5.20. The molecular formula is C11H13F3N2O6. The van der Waals surface area contributed by atoms with E-state index in [-0.39, 0.29) is 5.56 Å². The lowest BCUT2D eigenvalue weighted by molar-refractivity contribution is -0.306. The van der Waals surface area contributed by atoms with Gasteiger partial charge in [0.05, 0.1) is 6.61 Å². The summed E-state index contributed by atoms with van der Waals surface area (Å²) in [6.45, 7) is -0.363. The zero-order chi connectivity index (χ0) is 16.9. The summed E-state index contributed by atoms with van der Waals surface area (Å²) in [5.41, 5.74) is -5.32. The highest BCUT2D eigenvalue weighted by Gasteiger charge is 2.69. The smallest absolute Gasteiger partial charge is 0.393 e. The molecule has 0 radical (unpaired) electrons. The average molecular weight is 326 g/mol. The Morgan fingerprint density at radius 3 is 2.45 bits per heavy atom. The van der Waals surface area contributed by atoms with Gasteiger partial charge in [0, 0.05) is 11.8 Å². The van der Waals surface area contributed by atoms with Gasteiger partial charge in [-0.05, 0) is 6.92 Å². The molecule has 4 N–H and O–H groups in total. The summed E-state index contributed by atoms with van der Waals surface area (Å²) < 4.78 is 44.4. The fourth-order valence-corrected chi connectivity index (χ4v) is 2.24. The monoisotopic (exact) mass is 326 g/mol. The Labute approximate surface area is 120 Å². The van der Waals surface area contributed by atoms with Crippen molar-refractivity contribution < 1.29 is 33.2 Å². The molecule has 0 aliphatic carbocycles. The first kappa shape index (κ1) is 16.7. The number of halogens is 3. The Kier molecular flexibility index (Phi) is 3.94. The standard InChI is InChI=1S/C11H13F3N2O6/c1-4-2-16(9(21)15-7(4)20)8-5(18)6(19)10(3-17,22-8)11(12,13)14/h2,5-6,8,17-19H,3H2,1H3,(H,15,20,21)/t5-,6+,8-,10-/m1/s1. The van der Waals surface area contributed by atoms with E-state index in [4.69, 9.17) is 5.11 Å². The van der Waals surface area contributed by atoms with Crippen LogP contribution >= 0.6 is 0 Å². The molecule has 124 valence electrons. The molecule has 8 nitrogen and oxygen atoms in total. The number of H-pyrrole nitrogens is 1. The fraction of sp³-hybridized carbons (Fsp3) is 0.636. The second kappa shape index (κ2) is 5.19. The van der Waals surface area contributed by atoms with Gasteiger partial charge in [0.25, 0.3) is 5.56 Å². The number of aromatic nitrogens is 2. The number of aryl methyl sites for hydroxylation is 1. The van der Waals surface area contributed by atoms with Crippen molar-refractivity contribution in [3.63, 3.8) is 0 Å². The molecule has 1 aliphatic heterocycles. The van der Waals surface area contributed by atoms with Gasteiger partial charge in [-0.3, -0.25) is 14.3 Å². The Morgan fingerprint density at radius 1 is 1.41 bits per heavy atom. The molecule has 0 saturated carbocycles. The van der Waals surface area contributed by atoms with E-state index in [1.807, 2.05) is 4.98 Å². The van der Waals surface area contributed by atoms with Crippen LogP contribution in [0, 0.1) is 6.92 Å². The van der Waals surface area contributed by atoms with E-state index in [1.165, 1.54) is 6.92 Å². The number of aliphatic hydroxyl groups excluding tert-OH is 3. The van der Waals surface area contributed by atoms with Crippen LogP contribution in [0.1, 0.15) is 11.8 Å². The van der Waals surface area contributed by atoms with E-state index in [0.29, 0.717) is 4.57 Å². The van der Waals surface area contributed by atoms with Gasteiger partial charge in [-0.15, -0.1) is 0 Å². The minimum Gasteiger partial charge on any atom is -0.393 e. The summed E-state index contributed by atoms with van der Waals surface area (Å²) in [4.78, 5) is 24.8. The van der Waals surface area contributed by atoms with Crippen LogP contribution in [-0.4, -0.2) is 55.5 Å². The summed E-state index contributed by atoms with van der Waals surface area (Å²) in [6, 6.07) is 0. The van der Waals surface area contributed by atoms with E-state index < -0.39 is 48.1 Å². The number of nitrogens with one attached hydrogen (secondary N) is 1. The number of nitrogens with zero attached hydrogens (tertiary/aromatic N) is 1. The first-order chi connectivity index (χ1) is 10.0. The van der Waals surface area contributed by atoms with Gasteiger partial charge in [-0.2, -0.15) is 13.2 Å². The molecule has 1 aromatic rings. The maximum Gasteiger partial charge on any atom is 0.422 e. The molecule has 2 rings (SSSR count). The Morgan fingerprint density at radius 2 is 2.00 bits per heavy atom. The van der Waals surface area contributed by atoms with Crippen LogP contribution in [0.3, 0.4) is 0 Å². The Balaban J connectivity index is 2.54. The lowest BCUT2D eigenvalue weighted by Crippen LogP contribution is -2.57. The number of hydrogen-bond donors (Lipinski definition) is 4. The summed E-state index contributed by atoms with van der Waals surface area (Å²) in [6.07, 6.45) is -10.9. The predicted molar refractivity (Wildman–Crippen MR) is 64.1 cm³/mol. The normalized spacial score (nSPS) is 32.4. The number of ether oxygens (including phenoxy) is 1. The molecule has 0 aromatic carbocycles. The van der Waals surface area contributed by atoms with Crippen molar-refractivity contribution in [1.82, 2.24) is 9.55 Å². The highest BCUT2D eigenvalue weighted by atomic mass is 19.4. The molecule has 0 bridgehead atoms. The van der Waals surface area contributed by atoms with Crippen molar-refractivity contribution in [2.45, 2.75) is 37.1 Å². The molecule has 11 heteroatoms. The third kappa shape index (κ3) is 2.26. The third-order valence-corrected chi connectivity index (χ3v) is 3.56. The van der Waals surface area contributed by atoms with Gasteiger partial charge < -0.3 is 20.1 Å². The van der Waals surface area contributed by atoms with E-state index >= 15 is 0 Å². The van der Waals surface area contributed by atoms with Gasteiger partial charge in [0.2, 0.25) is 5.60 Å². The molecule has 22 heavy (non-hydrogen) atoms. The molecule has 1 fully saturated rings. The molecule has 0 unspecified atom stereocenters. The van der Waals surface area contributed by atoms with Crippen LogP contribution in [0.25, 0.3) is 0 Å². The predicted octanol–water partition coefficient (Wildman–Crippen LogP) is -1.61. The minimum absolute atomic E-state index is 0.0154. The van der Waals surface area contributed by atoms with E-state index in [0.717, 1.165) is 6.20 Å². The Hall–Kier alpha value is -1.69. The molecule has 4 atom stereocenters. The molecule has 2 heterocycles. The summed E-state index contributed by atoms with van der Waals surface area (Å²) >= 11 is 0. The maximum atomic E-state index is 13.1. The van der Waals surface area contributed by atoms with Gasteiger partial charge in [0.15, 0.2) is 6.23 Å². The van der Waals surface area contributed by atoms with E-state index in [2.05, 4.69) is 4.74 Å². The van der Waals surface area contributed by atoms with Crippen molar-refractivity contribution >= 4 is 0 Å². The van der Waals surface area contributed by atoms with Gasteiger partial charge in [-0.25, -0.2) is 4.79 Å². The fourth-order valence-electron chi connectivity index (χ4n) is 2.24.